The van der Waals surface area contributed by atoms with Gasteiger partial charge < -0.3 is 26.0 Å². The molecule has 3 rings (SSSR count). The minimum absolute atomic E-state index is 0.0247. The molecule has 7 heteroatoms. The van der Waals surface area contributed by atoms with Crippen molar-refractivity contribution in [2.45, 2.75) is 25.4 Å². The predicted octanol–water partition coefficient (Wildman–Crippen LogP) is 2.44. The average Bonchev–Trinajstić information content (AvgIpc) is 3.21. The molecule has 1 fully saturated rings. The Hall–Kier alpha value is -3.22. The number of hydrogen-bond donors (Lipinski definition) is 3. The number of hydrogen-bond acceptors (Lipinski definition) is 4. The molecule has 1 heterocycles. The number of nitrogens with two attached hydrogens (primary N) is 1. The van der Waals surface area contributed by atoms with Gasteiger partial charge in [0.15, 0.2) is 0 Å². The smallest absolute Gasteiger partial charge is 0.315 e. The molecule has 0 aromatic heterocycles. The zero-order chi connectivity index (χ0) is 19.9. The summed E-state index contributed by atoms with van der Waals surface area (Å²) in [4.78, 5) is 26.5. The van der Waals surface area contributed by atoms with Crippen LogP contribution in [-0.4, -0.2) is 37.0 Å². The summed E-state index contributed by atoms with van der Waals surface area (Å²) in [5.41, 5.74) is 8.26. The minimum Gasteiger partial charge on any atom is -0.496 e. The highest BCUT2D eigenvalue weighted by Crippen LogP contribution is 2.36. The van der Waals surface area contributed by atoms with Crippen LogP contribution in [0.2, 0.25) is 0 Å². The van der Waals surface area contributed by atoms with Crippen molar-refractivity contribution in [3.8, 4) is 5.75 Å². The van der Waals surface area contributed by atoms with Crippen molar-refractivity contribution >= 4 is 17.6 Å². The lowest BCUT2D eigenvalue weighted by atomic mass is 10.0. The van der Waals surface area contributed by atoms with Gasteiger partial charge in [0.1, 0.15) is 5.75 Å². The molecular weight excluding hydrogens is 356 g/mol. The second kappa shape index (κ2) is 9.12. The standard InChI is InChI=1S/C21H26N4O3/c1-28-19-7-3-2-5-17(19)18-6-4-12-25(18)20(26)14-24-21(27)23-13-15-8-10-16(22)11-9-15/h2-3,5,7-11,18H,4,6,12-14,22H2,1H3,(H2,23,24,27). The van der Waals surface area contributed by atoms with Crippen molar-refractivity contribution in [1.29, 1.82) is 0 Å². The molecule has 1 atom stereocenters. The Morgan fingerprint density at radius 1 is 1.14 bits per heavy atom. The number of methoxy groups -OCH3 is 1. The van der Waals surface area contributed by atoms with Crippen LogP contribution >= 0.6 is 0 Å². The van der Waals surface area contributed by atoms with Crippen LogP contribution in [0.5, 0.6) is 5.75 Å². The number of rotatable bonds is 6. The lowest BCUT2D eigenvalue weighted by molar-refractivity contribution is -0.131. The van der Waals surface area contributed by atoms with Gasteiger partial charge in [-0.1, -0.05) is 30.3 Å². The number of carbonyl (C=O) groups is 2. The van der Waals surface area contributed by atoms with Crippen molar-refractivity contribution in [3.05, 3.63) is 59.7 Å². The number of amides is 3. The van der Waals surface area contributed by atoms with E-state index < -0.39 is 0 Å². The van der Waals surface area contributed by atoms with Crippen LogP contribution in [0.25, 0.3) is 0 Å². The molecule has 0 saturated carbocycles. The Morgan fingerprint density at radius 2 is 1.89 bits per heavy atom. The molecule has 1 aliphatic rings. The number of nitrogens with zero attached hydrogens (tertiary/aromatic N) is 1. The van der Waals surface area contributed by atoms with Gasteiger partial charge in [0, 0.05) is 24.3 Å². The third-order valence-electron chi connectivity index (χ3n) is 4.90. The van der Waals surface area contributed by atoms with Gasteiger partial charge in [-0.05, 0) is 36.6 Å². The molecule has 2 aromatic rings. The van der Waals surface area contributed by atoms with E-state index in [1.54, 1.807) is 19.2 Å². The van der Waals surface area contributed by atoms with Gasteiger partial charge in [0.25, 0.3) is 0 Å². The highest BCUT2D eigenvalue weighted by Gasteiger charge is 2.31. The number of nitrogens with one attached hydrogen (secondary N) is 2. The highest BCUT2D eigenvalue weighted by molar-refractivity contribution is 5.84. The summed E-state index contributed by atoms with van der Waals surface area (Å²) >= 11 is 0. The normalized spacial score (nSPS) is 15.9. The maximum absolute atomic E-state index is 12.7. The van der Waals surface area contributed by atoms with E-state index in [0.29, 0.717) is 18.8 Å². The fraction of sp³-hybridized carbons (Fsp3) is 0.333. The first-order valence-corrected chi connectivity index (χ1v) is 9.37. The van der Waals surface area contributed by atoms with Crippen molar-refractivity contribution in [1.82, 2.24) is 15.5 Å². The third-order valence-corrected chi connectivity index (χ3v) is 4.90. The monoisotopic (exact) mass is 382 g/mol. The first-order valence-electron chi connectivity index (χ1n) is 9.37. The first-order chi connectivity index (χ1) is 13.6. The largest absolute Gasteiger partial charge is 0.496 e. The quantitative estimate of drug-likeness (QED) is 0.669. The van der Waals surface area contributed by atoms with Crippen LogP contribution in [-0.2, 0) is 11.3 Å². The van der Waals surface area contributed by atoms with Crippen LogP contribution in [0.4, 0.5) is 10.5 Å². The van der Waals surface area contributed by atoms with Gasteiger partial charge >= 0.3 is 6.03 Å². The average molecular weight is 382 g/mol. The maximum Gasteiger partial charge on any atom is 0.315 e. The zero-order valence-corrected chi connectivity index (χ0v) is 16.0. The van der Waals surface area contributed by atoms with Crippen LogP contribution in [0, 0.1) is 0 Å². The van der Waals surface area contributed by atoms with Crippen LogP contribution in [0.3, 0.4) is 0 Å². The van der Waals surface area contributed by atoms with Gasteiger partial charge in [-0.15, -0.1) is 0 Å². The van der Waals surface area contributed by atoms with E-state index in [1.807, 2.05) is 41.3 Å². The molecule has 28 heavy (non-hydrogen) atoms. The second-order valence-corrected chi connectivity index (χ2v) is 6.76. The fourth-order valence-electron chi connectivity index (χ4n) is 3.47. The molecule has 1 saturated heterocycles. The maximum atomic E-state index is 12.7. The molecule has 2 aromatic carbocycles. The number of urea groups is 1. The van der Waals surface area contributed by atoms with E-state index in [9.17, 15) is 9.59 Å². The predicted molar refractivity (Wildman–Crippen MR) is 108 cm³/mol. The molecule has 148 valence electrons. The highest BCUT2D eigenvalue weighted by atomic mass is 16.5. The summed E-state index contributed by atoms with van der Waals surface area (Å²) in [7, 11) is 1.63. The van der Waals surface area contributed by atoms with Crippen LogP contribution in [0.15, 0.2) is 48.5 Å². The number of anilines is 1. The fourth-order valence-corrected chi connectivity index (χ4v) is 3.47. The lowest BCUT2D eigenvalue weighted by Crippen LogP contribution is -2.43. The summed E-state index contributed by atoms with van der Waals surface area (Å²) in [6.45, 7) is 1.00. The summed E-state index contributed by atoms with van der Waals surface area (Å²) < 4.78 is 5.44. The molecular formula is C21H26N4O3. The van der Waals surface area contributed by atoms with Crippen molar-refractivity contribution < 1.29 is 14.3 Å². The van der Waals surface area contributed by atoms with Crippen molar-refractivity contribution in [3.63, 3.8) is 0 Å². The molecule has 4 N–H and O–H groups in total. The molecule has 3 amide bonds. The Balaban J connectivity index is 1.52. The van der Waals surface area contributed by atoms with E-state index in [2.05, 4.69) is 10.6 Å². The van der Waals surface area contributed by atoms with E-state index in [4.69, 9.17) is 10.5 Å². The minimum atomic E-state index is -0.377. The van der Waals surface area contributed by atoms with E-state index >= 15 is 0 Å². The first kappa shape index (κ1) is 19.5. The van der Waals surface area contributed by atoms with Gasteiger partial charge in [0.05, 0.1) is 19.7 Å². The Kier molecular flexibility index (Phi) is 6.37. The molecule has 0 bridgehead atoms. The summed E-state index contributed by atoms with van der Waals surface area (Å²) in [5, 5.41) is 5.39. The topological polar surface area (TPSA) is 96.7 Å². The molecule has 7 nitrogen and oxygen atoms in total. The molecule has 1 unspecified atom stereocenters. The number of nitrogen functional groups attached to an aromatic ring is 1. The molecule has 0 aliphatic carbocycles. The summed E-state index contributed by atoms with van der Waals surface area (Å²) in [6, 6.07) is 14.6. The van der Waals surface area contributed by atoms with Gasteiger partial charge in [-0.25, -0.2) is 4.79 Å². The SMILES string of the molecule is COc1ccccc1C1CCCN1C(=O)CNC(=O)NCc1ccc(N)cc1. The van der Waals surface area contributed by atoms with E-state index in [-0.39, 0.29) is 24.5 Å². The summed E-state index contributed by atoms with van der Waals surface area (Å²) in [6.07, 6.45) is 1.81. The number of benzene rings is 2. The van der Waals surface area contributed by atoms with Gasteiger partial charge in [-0.2, -0.15) is 0 Å². The third kappa shape index (κ3) is 4.73. The Morgan fingerprint density at radius 3 is 2.64 bits per heavy atom. The molecule has 0 spiro atoms. The van der Waals surface area contributed by atoms with Crippen molar-refractivity contribution in [2.24, 2.45) is 0 Å². The van der Waals surface area contributed by atoms with E-state index in [0.717, 1.165) is 29.7 Å². The Bertz CT molecular complexity index is 823. The van der Waals surface area contributed by atoms with Crippen LogP contribution in [0.1, 0.15) is 30.0 Å². The van der Waals surface area contributed by atoms with Crippen LogP contribution < -0.4 is 21.1 Å². The zero-order valence-electron chi connectivity index (χ0n) is 16.0. The van der Waals surface area contributed by atoms with Gasteiger partial charge in [0.2, 0.25) is 5.91 Å². The molecule has 1 aliphatic heterocycles. The molecule has 0 radical (unpaired) electrons. The van der Waals surface area contributed by atoms with Gasteiger partial charge in [-0.3, -0.25) is 4.79 Å². The number of carbonyl (C=O) groups excluding carboxylic acids is 2. The Labute approximate surface area is 164 Å². The summed E-state index contributed by atoms with van der Waals surface area (Å²) in [5.74, 6) is 0.678. The van der Waals surface area contributed by atoms with E-state index in [1.165, 1.54) is 0 Å². The lowest BCUT2D eigenvalue weighted by Gasteiger charge is -2.26. The van der Waals surface area contributed by atoms with Crippen molar-refractivity contribution in [2.75, 3.05) is 25.9 Å². The number of ether oxygens (including phenoxy) is 1. The number of likely N-dealkylation sites (tertiary alicyclic amines) is 1. The second-order valence-electron chi connectivity index (χ2n) is 6.76. The number of para-hydroxylation sites is 1.